The molecular weight excluding hydrogens is 204 g/mol. The highest BCUT2D eigenvalue weighted by Crippen LogP contribution is 2.22. The van der Waals surface area contributed by atoms with Crippen molar-refractivity contribution in [1.82, 2.24) is 9.97 Å². The molecule has 0 atom stereocenters. The van der Waals surface area contributed by atoms with Crippen molar-refractivity contribution in [2.45, 2.75) is 6.92 Å². The molecule has 1 aromatic carbocycles. The van der Waals surface area contributed by atoms with Gasteiger partial charge in [0.05, 0.1) is 7.11 Å². The van der Waals surface area contributed by atoms with Crippen LogP contribution in [-0.2, 0) is 0 Å². The summed E-state index contributed by atoms with van der Waals surface area (Å²) in [4.78, 5) is 7.15. The van der Waals surface area contributed by atoms with E-state index in [1.807, 2.05) is 31.2 Å². The first-order chi connectivity index (χ1) is 7.69. The maximum absolute atomic E-state index is 5.74. The zero-order valence-electron chi connectivity index (χ0n) is 9.24. The Morgan fingerprint density at radius 2 is 2.00 bits per heavy atom. The van der Waals surface area contributed by atoms with Crippen molar-refractivity contribution in [1.29, 1.82) is 0 Å². The van der Waals surface area contributed by atoms with Gasteiger partial charge in [0.25, 0.3) is 0 Å². The Labute approximate surface area is 93.7 Å². The number of nitrogens with zero attached hydrogens (tertiary/aromatic N) is 1. The third kappa shape index (κ3) is 2.08. The van der Waals surface area contributed by atoms with Crippen molar-refractivity contribution in [3.63, 3.8) is 0 Å². The molecule has 5 heteroatoms. The highest BCUT2D eigenvalue weighted by molar-refractivity contribution is 5.66. The van der Waals surface area contributed by atoms with E-state index in [9.17, 15) is 0 Å². The number of rotatable bonds is 3. The van der Waals surface area contributed by atoms with E-state index in [4.69, 9.17) is 10.5 Å². The molecule has 0 saturated carbocycles. The number of nitrogens with two attached hydrogens (primary N) is 1. The van der Waals surface area contributed by atoms with Gasteiger partial charge < -0.3 is 20.8 Å². The first-order valence-corrected chi connectivity index (χ1v) is 4.92. The van der Waals surface area contributed by atoms with Gasteiger partial charge in [0, 0.05) is 5.69 Å². The van der Waals surface area contributed by atoms with Crippen LogP contribution in [0.15, 0.2) is 24.3 Å². The van der Waals surface area contributed by atoms with Crippen LogP contribution < -0.4 is 15.8 Å². The van der Waals surface area contributed by atoms with Crippen LogP contribution in [0.3, 0.4) is 0 Å². The average molecular weight is 218 g/mol. The number of imidazole rings is 1. The predicted molar refractivity (Wildman–Crippen MR) is 64.0 cm³/mol. The van der Waals surface area contributed by atoms with Gasteiger partial charge in [-0.25, -0.2) is 4.98 Å². The predicted octanol–water partition coefficient (Wildman–Crippen LogP) is 2.05. The number of nitrogens with one attached hydrogen (secondary N) is 2. The van der Waals surface area contributed by atoms with E-state index in [0.29, 0.717) is 11.6 Å². The van der Waals surface area contributed by atoms with Gasteiger partial charge in [-0.1, -0.05) is 0 Å². The molecule has 0 aliphatic carbocycles. The van der Waals surface area contributed by atoms with E-state index in [1.54, 1.807) is 7.11 Å². The maximum Gasteiger partial charge on any atom is 0.173 e. The van der Waals surface area contributed by atoms with Crippen LogP contribution in [0.2, 0.25) is 0 Å². The topological polar surface area (TPSA) is 76.0 Å². The number of aromatic amines is 1. The van der Waals surface area contributed by atoms with E-state index < -0.39 is 0 Å². The molecule has 5 nitrogen and oxygen atoms in total. The van der Waals surface area contributed by atoms with E-state index >= 15 is 0 Å². The molecule has 1 aromatic heterocycles. The summed E-state index contributed by atoms with van der Waals surface area (Å²) in [5.41, 5.74) is 6.66. The smallest absolute Gasteiger partial charge is 0.173 e. The molecule has 16 heavy (non-hydrogen) atoms. The van der Waals surface area contributed by atoms with Crippen LogP contribution in [-0.4, -0.2) is 17.1 Å². The summed E-state index contributed by atoms with van der Waals surface area (Å²) in [5.74, 6) is 2.78. The molecule has 84 valence electrons. The molecule has 0 fully saturated rings. The summed E-state index contributed by atoms with van der Waals surface area (Å²) in [6, 6.07) is 7.56. The monoisotopic (exact) mass is 218 g/mol. The number of hydrogen-bond donors (Lipinski definition) is 3. The number of nitrogen functional groups attached to an aromatic ring is 1. The third-order valence-corrected chi connectivity index (χ3v) is 2.20. The summed E-state index contributed by atoms with van der Waals surface area (Å²) in [5, 5.41) is 3.12. The molecule has 2 aromatic rings. The standard InChI is InChI=1S/C11H14N4O/c1-7-13-10(12)11(14-7)15-8-3-5-9(16-2)6-4-8/h3-6,15H,12H2,1-2H3,(H,13,14). The Hall–Kier alpha value is -2.17. The Morgan fingerprint density at radius 1 is 1.31 bits per heavy atom. The third-order valence-electron chi connectivity index (χ3n) is 2.20. The molecule has 0 saturated heterocycles. The number of benzene rings is 1. The van der Waals surface area contributed by atoms with Crippen LogP contribution in [0.1, 0.15) is 5.82 Å². The Morgan fingerprint density at radius 3 is 2.50 bits per heavy atom. The highest BCUT2D eigenvalue weighted by atomic mass is 16.5. The number of ether oxygens (including phenoxy) is 1. The Balaban J connectivity index is 2.17. The van der Waals surface area contributed by atoms with E-state index in [2.05, 4.69) is 15.3 Å². The van der Waals surface area contributed by atoms with E-state index in [-0.39, 0.29) is 0 Å². The van der Waals surface area contributed by atoms with Crippen LogP contribution in [0.5, 0.6) is 5.75 Å². The minimum atomic E-state index is 0.535. The maximum atomic E-state index is 5.74. The number of hydrogen-bond acceptors (Lipinski definition) is 4. The summed E-state index contributed by atoms with van der Waals surface area (Å²) in [6.45, 7) is 1.86. The number of methoxy groups -OCH3 is 1. The molecule has 2 rings (SSSR count). The summed E-state index contributed by atoms with van der Waals surface area (Å²) < 4.78 is 5.07. The van der Waals surface area contributed by atoms with Crippen molar-refractivity contribution < 1.29 is 4.74 Å². The Bertz CT molecular complexity index is 475. The van der Waals surface area contributed by atoms with Gasteiger partial charge in [-0.05, 0) is 31.2 Å². The van der Waals surface area contributed by atoms with Gasteiger partial charge in [-0.2, -0.15) is 0 Å². The van der Waals surface area contributed by atoms with Crippen molar-refractivity contribution in [3.8, 4) is 5.75 Å². The van der Waals surface area contributed by atoms with Gasteiger partial charge in [0.2, 0.25) is 0 Å². The molecule has 0 spiro atoms. The lowest BCUT2D eigenvalue weighted by Gasteiger charge is -2.05. The zero-order chi connectivity index (χ0) is 11.5. The van der Waals surface area contributed by atoms with Gasteiger partial charge >= 0.3 is 0 Å². The normalized spacial score (nSPS) is 10.1. The van der Waals surface area contributed by atoms with Crippen molar-refractivity contribution >= 4 is 17.3 Å². The molecule has 1 heterocycles. The fourth-order valence-corrected chi connectivity index (χ4v) is 1.42. The summed E-state index contributed by atoms with van der Waals surface area (Å²) in [6.07, 6.45) is 0. The minimum Gasteiger partial charge on any atom is -0.497 e. The van der Waals surface area contributed by atoms with Gasteiger partial charge in [0.15, 0.2) is 5.82 Å². The SMILES string of the molecule is COc1ccc(Nc2nc(C)[nH]c2N)cc1. The molecule has 4 N–H and O–H groups in total. The molecule has 0 aliphatic rings. The number of H-pyrrole nitrogens is 1. The van der Waals surface area contributed by atoms with Gasteiger partial charge in [0.1, 0.15) is 17.4 Å². The van der Waals surface area contributed by atoms with Crippen molar-refractivity contribution in [3.05, 3.63) is 30.1 Å². The van der Waals surface area contributed by atoms with Crippen molar-refractivity contribution in [2.75, 3.05) is 18.2 Å². The highest BCUT2D eigenvalue weighted by Gasteiger charge is 2.04. The minimum absolute atomic E-state index is 0.535. The van der Waals surface area contributed by atoms with Gasteiger partial charge in [-0.3, -0.25) is 0 Å². The quantitative estimate of drug-likeness (QED) is 0.737. The first-order valence-electron chi connectivity index (χ1n) is 4.92. The van der Waals surface area contributed by atoms with Crippen molar-refractivity contribution in [2.24, 2.45) is 0 Å². The fraction of sp³-hybridized carbons (Fsp3) is 0.182. The van der Waals surface area contributed by atoms with Crippen LogP contribution in [0.25, 0.3) is 0 Å². The van der Waals surface area contributed by atoms with Crippen LogP contribution in [0, 0.1) is 6.92 Å². The van der Waals surface area contributed by atoms with Crippen LogP contribution >= 0.6 is 0 Å². The number of aromatic nitrogens is 2. The van der Waals surface area contributed by atoms with Gasteiger partial charge in [-0.15, -0.1) is 0 Å². The number of aryl methyl sites for hydroxylation is 1. The average Bonchev–Trinajstić information content (AvgIpc) is 2.59. The summed E-state index contributed by atoms with van der Waals surface area (Å²) in [7, 11) is 1.64. The fourth-order valence-electron chi connectivity index (χ4n) is 1.42. The lowest BCUT2D eigenvalue weighted by molar-refractivity contribution is 0.415. The first kappa shape index (κ1) is 10.4. The lowest BCUT2D eigenvalue weighted by Crippen LogP contribution is -1.95. The van der Waals surface area contributed by atoms with Crippen LogP contribution in [0.4, 0.5) is 17.3 Å². The Kier molecular flexibility index (Phi) is 2.68. The second kappa shape index (κ2) is 4.14. The second-order valence-electron chi connectivity index (χ2n) is 3.44. The molecule has 0 aliphatic heterocycles. The second-order valence-corrected chi connectivity index (χ2v) is 3.44. The molecule has 0 radical (unpaired) electrons. The zero-order valence-corrected chi connectivity index (χ0v) is 9.24. The van der Waals surface area contributed by atoms with E-state index in [1.165, 1.54) is 0 Å². The van der Waals surface area contributed by atoms with E-state index in [0.717, 1.165) is 17.3 Å². The molecule has 0 unspecified atom stereocenters. The number of anilines is 3. The lowest BCUT2D eigenvalue weighted by atomic mass is 10.3. The molecular formula is C11H14N4O. The molecule has 0 bridgehead atoms. The summed E-state index contributed by atoms with van der Waals surface area (Å²) >= 11 is 0. The molecule has 0 amide bonds. The largest absolute Gasteiger partial charge is 0.497 e.